The lowest BCUT2D eigenvalue weighted by Gasteiger charge is -2.08. The summed E-state index contributed by atoms with van der Waals surface area (Å²) in [6.07, 6.45) is 7.36. The summed E-state index contributed by atoms with van der Waals surface area (Å²) in [6, 6.07) is 5.53. The number of benzene rings is 1. The average molecular weight is 276 g/mol. The summed E-state index contributed by atoms with van der Waals surface area (Å²) < 4.78 is 11.2. The second-order valence-corrected chi connectivity index (χ2v) is 5.30. The number of fused-ring (bicyclic) bond motifs is 1. The van der Waals surface area contributed by atoms with Gasteiger partial charge < -0.3 is 9.47 Å². The second-order valence-electron chi connectivity index (χ2n) is 5.30. The van der Waals surface area contributed by atoms with Crippen LogP contribution >= 0.6 is 0 Å². The molecule has 1 aliphatic heterocycles. The first-order chi connectivity index (χ1) is 9.81. The number of unbranched alkanes of at least 4 members (excludes halogenated alkanes) is 4. The van der Waals surface area contributed by atoms with Gasteiger partial charge in [-0.3, -0.25) is 4.79 Å². The standard InChI is InChI=1S/C17H24O3/c1-2-3-4-5-6-8-15(18)14-9-10-16-17(13-14)20-12-7-11-19-16/h9-10,13H,2-8,11-12H2,1H3. The molecule has 2 rings (SSSR count). The van der Waals surface area contributed by atoms with Crippen LogP contribution in [0.2, 0.25) is 0 Å². The Kier molecular flexibility index (Phi) is 5.90. The molecule has 110 valence electrons. The highest BCUT2D eigenvalue weighted by Crippen LogP contribution is 2.30. The van der Waals surface area contributed by atoms with E-state index in [1.54, 1.807) is 0 Å². The van der Waals surface area contributed by atoms with Crippen LogP contribution in [0.1, 0.15) is 62.2 Å². The molecule has 1 aromatic rings. The van der Waals surface area contributed by atoms with Crippen molar-refractivity contribution in [3.8, 4) is 11.5 Å². The summed E-state index contributed by atoms with van der Waals surface area (Å²) in [7, 11) is 0. The lowest BCUT2D eigenvalue weighted by Crippen LogP contribution is -2.00. The van der Waals surface area contributed by atoms with Gasteiger partial charge in [0.05, 0.1) is 13.2 Å². The Morgan fingerprint density at radius 2 is 1.80 bits per heavy atom. The van der Waals surface area contributed by atoms with Gasteiger partial charge in [-0.2, -0.15) is 0 Å². The van der Waals surface area contributed by atoms with Crippen molar-refractivity contribution in [2.24, 2.45) is 0 Å². The van der Waals surface area contributed by atoms with Crippen LogP contribution in [-0.4, -0.2) is 19.0 Å². The van der Waals surface area contributed by atoms with Crippen molar-refractivity contribution >= 4 is 5.78 Å². The lowest BCUT2D eigenvalue weighted by molar-refractivity contribution is 0.0978. The third kappa shape index (κ3) is 4.26. The molecular weight excluding hydrogens is 252 g/mol. The van der Waals surface area contributed by atoms with Gasteiger partial charge in [-0.15, -0.1) is 0 Å². The van der Waals surface area contributed by atoms with Crippen LogP contribution in [0.25, 0.3) is 0 Å². The van der Waals surface area contributed by atoms with E-state index in [4.69, 9.17) is 9.47 Å². The molecule has 0 saturated carbocycles. The highest BCUT2D eigenvalue weighted by Gasteiger charge is 2.13. The van der Waals surface area contributed by atoms with Crippen molar-refractivity contribution in [2.45, 2.75) is 51.9 Å². The van der Waals surface area contributed by atoms with E-state index < -0.39 is 0 Å². The highest BCUT2D eigenvalue weighted by atomic mass is 16.5. The van der Waals surface area contributed by atoms with E-state index in [1.807, 2.05) is 18.2 Å². The molecule has 0 bridgehead atoms. The monoisotopic (exact) mass is 276 g/mol. The van der Waals surface area contributed by atoms with Gasteiger partial charge in [-0.05, 0) is 24.6 Å². The van der Waals surface area contributed by atoms with Gasteiger partial charge in [-0.1, -0.05) is 32.6 Å². The van der Waals surface area contributed by atoms with Gasteiger partial charge in [-0.25, -0.2) is 0 Å². The van der Waals surface area contributed by atoms with E-state index >= 15 is 0 Å². The fourth-order valence-electron chi connectivity index (χ4n) is 2.37. The summed E-state index contributed by atoms with van der Waals surface area (Å²) in [5.41, 5.74) is 0.741. The molecule has 0 aliphatic carbocycles. The predicted molar refractivity (Wildman–Crippen MR) is 79.8 cm³/mol. The summed E-state index contributed by atoms with van der Waals surface area (Å²) in [5.74, 6) is 1.67. The number of Topliss-reactive ketones (excluding diaryl/α,β-unsaturated/α-hetero) is 1. The van der Waals surface area contributed by atoms with Crippen LogP contribution in [0, 0.1) is 0 Å². The number of rotatable bonds is 7. The van der Waals surface area contributed by atoms with Crippen molar-refractivity contribution < 1.29 is 14.3 Å². The van der Waals surface area contributed by atoms with Crippen LogP contribution in [0.4, 0.5) is 0 Å². The van der Waals surface area contributed by atoms with Gasteiger partial charge in [0.1, 0.15) is 0 Å². The Hall–Kier alpha value is -1.51. The maximum Gasteiger partial charge on any atom is 0.163 e. The zero-order valence-electron chi connectivity index (χ0n) is 12.3. The van der Waals surface area contributed by atoms with Gasteiger partial charge in [0, 0.05) is 18.4 Å². The van der Waals surface area contributed by atoms with Crippen LogP contribution in [0.15, 0.2) is 18.2 Å². The maximum absolute atomic E-state index is 12.2. The average Bonchev–Trinajstić information content (AvgIpc) is 2.71. The first-order valence-electron chi connectivity index (χ1n) is 7.74. The Morgan fingerprint density at radius 3 is 2.60 bits per heavy atom. The minimum absolute atomic E-state index is 0.206. The molecule has 1 aliphatic rings. The van der Waals surface area contributed by atoms with E-state index in [0.717, 1.165) is 30.6 Å². The Bertz CT molecular complexity index is 440. The van der Waals surface area contributed by atoms with E-state index in [9.17, 15) is 4.79 Å². The molecule has 3 nitrogen and oxygen atoms in total. The fourth-order valence-corrected chi connectivity index (χ4v) is 2.37. The number of carbonyl (C=O) groups excluding carboxylic acids is 1. The van der Waals surface area contributed by atoms with Crippen LogP contribution < -0.4 is 9.47 Å². The zero-order chi connectivity index (χ0) is 14.2. The van der Waals surface area contributed by atoms with Gasteiger partial charge in [0.2, 0.25) is 0 Å². The van der Waals surface area contributed by atoms with Gasteiger partial charge >= 0.3 is 0 Å². The fraction of sp³-hybridized carbons (Fsp3) is 0.588. The van der Waals surface area contributed by atoms with Crippen molar-refractivity contribution in [2.75, 3.05) is 13.2 Å². The largest absolute Gasteiger partial charge is 0.490 e. The van der Waals surface area contributed by atoms with E-state index in [-0.39, 0.29) is 5.78 Å². The predicted octanol–water partition coefficient (Wildman–Crippen LogP) is 4.39. The van der Waals surface area contributed by atoms with E-state index in [2.05, 4.69) is 6.92 Å². The molecule has 0 atom stereocenters. The number of carbonyl (C=O) groups is 1. The Balaban J connectivity index is 1.88. The number of ketones is 1. The molecule has 0 amide bonds. The maximum atomic E-state index is 12.2. The zero-order valence-corrected chi connectivity index (χ0v) is 12.3. The molecule has 0 fully saturated rings. The highest BCUT2D eigenvalue weighted by molar-refractivity contribution is 5.96. The lowest BCUT2D eigenvalue weighted by atomic mass is 10.0. The van der Waals surface area contributed by atoms with Gasteiger partial charge in [0.25, 0.3) is 0 Å². The minimum Gasteiger partial charge on any atom is -0.490 e. The molecular formula is C17H24O3. The Morgan fingerprint density at radius 1 is 1.05 bits per heavy atom. The van der Waals surface area contributed by atoms with Crippen molar-refractivity contribution in [1.82, 2.24) is 0 Å². The van der Waals surface area contributed by atoms with E-state index in [1.165, 1.54) is 19.3 Å². The van der Waals surface area contributed by atoms with Crippen LogP contribution in [0.5, 0.6) is 11.5 Å². The third-order valence-electron chi connectivity index (χ3n) is 3.58. The van der Waals surface area contributed by atoms with Crippen molar-refractivity contribution in [3.63, 3.8) is 0 Å². The molecule has 1 aromatic carbocycles. The number of hydrogen-bond acceptors (Lipinski definition) is 3. The molecule has 0 saturated heterocycles. The van der Waals surface area contributed by atoms with Gasteiger partial charge in [0.15, 0.2) is 17.3 Å². The van der Waals surface area contributed by atoms with E-state index in [0.29, 0.717) is 25.4 Å². The molecule has 20 heavy (non-hydrogen) atoms. The summed E-state index contributed by atoms with van der Waals surface area (Å²) in [5, 5.41) is 0. The topological polar surface area (TPSA) is 35.5 Å². The van der Waals surface area contributed by atoms with Crippen molar-refractivity contribution in [3.05, 3.63) is 23.8 Å². The quantitative estimate of drug-likeness (QED) is 0.547. The Labute approximate surface area is 121 Å². The smallest absolute Gasteiger partial charge is 0.163 e. The minimum atomic E-state index is 0.206. The summed E-state index contributed by atoms with van der Waals surface area (Å²) in [4.78, 5) is 12.2. The molecule has 1 heterocycles. The van der Waals surface area contributed by atoms with Crippen LogP contribution in [0.3, 0.4) is 0 Å². The SMILES string of the molecule is CCCCCCCC(=O)c1ccc2c(c1)OCCCO2. The third-order valence-corrected chi connectivity index (χ3v) is 3.58. The summed E-state index contributed by atoms with van der Waals surface area (Å²) >= 11 is 0. The van der Waals surface area contributed by atoms with Crippen molar-refractivity contribution in [1.29, 1.82) is 0 Å². The van der Waals surface area contributed by atoms with Crippen LogP contribution in [-0.2, 0) is 0 Å². The number of ether oxygens (including phenoxy) is 2. The molecule has 0 unspecified atom stereocenters. The molecule has 0 aromatic heterocycles. The normalized spacial score (nSPS) is 13.8. The molecule has 0 N–H and O–H groups in total. The molecule has 0 spiro atoms. The second kappa shape index (κ2) is 7.93. The first kappa shape index (κ1) is 14.9. The molecule has 0 radical (unpaired) electrons. The number of hydrogen-bond donors (Lipinski definition) is 0. The molecule has 3 heteroatoms. The summed E-state index contributed by atoms with van der Waals surface area (Å²) in [6.45, 7) is 3.53. The first-order valence-corrected chi connectivity index (χ1v) is 7.74.